The minimum absolute atomic E-state index is 0.0226. The Hall–Kier alpha value is -1.25. The molecule has 2 aromatic carbocycles. The van der Waals surface area contributed by atoms with E-state index in [1.807, 2.05) is 0 Å². The highest BCUT2D eigenvalue weighted by Gasteiger charge is 2.49. The summed E-state index contributed by atoms with van der Waals surface area (Å²) in [5.41, 5.74) is 1.22. The van der Waals surface area contributed by atoms with Gasteiger partial charge in [0.15, 0.2) is 15.0 Å². The number of anilines is 1. The minimum Gasteiger partial charge on any atom is -0.314 e. The summed E-state index contributed by atoms with van der Waals surface area (Å²) in [5.74, 6) is -0.355. The fraction of sp³-hybridized carbons (Fsp3) is 0.263. The van der Waals surface area contributed by atoms with Crippen LogP contribution >= 0.6 is 46.6 Å². The molecule has 29 heavy (non-hydrogen) atoms. The van der Waals surface area contributed by atoms with Crippen LogP contribution in [0.25, 0.3) is 0 Å². The Kier molecular flexibility index (Phi) is 5.88. The van der Waals surface area contributed by atoms with E-state index in [0.717, 1.165) is 0 Å². The van der Waals surface area contributed by atoms with E-state index in [2.05, 4.69) is 4.99 Å². The summed E-state index contributed by atoms with van der Waals surface area (Å²) < 4.78 is 24.3. The van der Waals surface area contributed by atoms with Crippen LogP contribution in [0.2, 0.25) is 15.1 Å². The highest BCUT2D eigenvalue weighted by atomic mass is 35.5. The zero-order chi connectivity index (χ0) is 20.8. The quantitative estimate of drug-likeness (QED) is 0.635. The number of benzene rings is 2. The Morgan fingerprint density at radius 3 is 2.55 bits per heavy atom. The van der Waals surface area contributed by atoms with E-state index in [-0.39, 0.29) is 35.1 Å². The molecule has 0 aliphatic carbocycles. The van der Waals surface area contributed by atoms with Crippen molar-refractivity contribution in [2.75, 3.05) is 16.4 Å². The molecule has 2 heterocycles. The summed E-state index contributed by atoms with van der Waals surface area (Å²) in [7, 11) is -3.17. The molecule has 0 N–H and O–H groups in total. The molecule has 2 saturated heterocycles. The number of carbonyl (C=O) groups is 1. The van der Waals surface area contributed by atoms with Crippen molar-refractivity contribution in [3.8, 4) is 0 Å². The zero-order valence-corrected chi connectivity index (χ0v) is 18.8. The Morgan fingerprint density at radius 2 is 1.79 bits per heavy atom. The van der Waals surface area contributed by atoms with Crippen molar-refractivity contribution in [2.45, 2.75) is 17.7 Å². The second kappa shape index (κ2) is 8.12. The summed E-state index contributed by atoms with van der Waals surface area (Å²) in [5, 5.41) is 1.35. The van der Waals surface area contributed by atoms with Crippen LogP contribution < -0.4 is 4.90 Å². The molecule has 1 amide bonds. The number of sulfone groups is 1. The van der Waals surface area contributed by atoms with Gasteiger partial charge < -0.3 is 4.90 Å². The molecule has 0 unspecified atom stereocenters. The normalized spacial score (nSPS) is 24.1. The standard InChI is InChI=1S/C19H15Cl3N2O3S2/c20-12-5-2-1-4-11(12)8-17(25)23-19-24(14-7-3-6-13(21)18(14)22)15-9-29(26,27)10-16(15)28-19/h1-7,15-16H,8-10H2/t15-,16-/m1/s1. The topological polar surface area (TPSA) is 66.8 Å². The lowest BCUT2D eigenvalue weighted by molar-refractivity contribution is -0.117. The number of rotatable bonds is 3. The minimum atomic E-state index is -3.17. The average Bonchev–Trinajstić information content (AvgIpc) is 3.10. The summed E-state index contributed by atoms with van der Waals surface area (Å²) in [6.07, 6.45) is 0.0501. The maximum absolute atomic E-state index is 12.6. The van der Waals surface area contributed by atoms with Gasteiger partial charge in [-0.05, 0) is 23.8 Å². The Morgan fingerprint density at radius 1 is 1.07 bits per heavy atom. The van der Waals surface area contributed by atoms with Crippen LogP contribution in [0.5, 0.6) is 0 Å². The van der Waals surface area contributed by atoms with E-state index in [1.165, 1.54) is 11.8 Å². The maximum atomic E-state index is 12.6. The van der Waals surface area contributed by atoms with Gasteiger partial charge in [0.25, 0.3) is 5.91 Å². The van der Waals surface area contributed by atoms with Crippen molar-refractivity contribution in [1.82, 2.24) is 0 Å². The molecule has 2 atom stereocenters. The van der Waals surface area contributed by atoms with Gasteiger partial charge in [-0.2, -0.15) is 4.99 Å². The first-order valence-corrected chi connectivity index (χ1v) is 12.5. The predicted molar refractivity (Wildman–Crippen MR) is 120 cm³/mol. The summed E-state index contributed by atoms with van der Waals surface area (Å²) in [6, 6.07) is 11.9. The first kappa shape index (κ1) is 21.0. The molecular formula is C19H15Cl3N2O3S2. The maximum Gasteiger partial charge on any atom is 0.252 e. The second-order valence-corrected chi connectivity index (χ2v) is 11.4. The SMILES string of the molecule is O=C(Cc1ccccc1Cl)N=C1S[C@@H]2CS(=O)(=O)C[C@H]2N1c1cccc(Cl)c1Cl. The second-order valence-electron chi connectivity index (χ2n) is 6.80. The van der Waals surface area contributed by atoms with E-state index in [0.29, 0.717) is 31.5 Å². The van der Waals surface area contributed by atoms with Crippen molar-refractivity contribution in [3.63, 3.8) is 0 Å². The van der Waals surface area contributed by atoms with Crippen LogP contribution in [-0.2, 0) is 21.1 Å². The third-order valence-electron chi connectivity index (χ3n) is 4.78. The van der Waals surface area contributed by atoms with Crippen molar-refractivity contribution in [3.05, 3.63) is 63.1 Å². The number of nitrogens with zero attached hydrogens (tertiary/aromatic N) is 2. The summed E-state index contributed by atoms with van der Waals surface area (Å²) in [6.45, 7) is 0. The molecule has 152 valence electrons. The number of hydrogen-bond acceptors (Lipinski definition) is 4. The van der Waals surface area contributed by atoms with Crippen molar-refractivity contribution < 1.29 is 13.2 Å². The number of amidine groups is 1. The van der Waals surface area contributed by atoms with Crippen molar-refractivity contribution in [1.29, 1.82) is 0 Å². The Labute approximate surface area is 188 Å². The number of fused-ring (bicyclic) bond motifs is 1. The van der Waals surface area contributed by atoms with Gasteiger partial charge in [-0.15, -0.1) is 0 Å². The Bertz CT molecular complexity index is 1120. The van der Waals surface area contributed by atoms with Crippen molar-refractivity contribution >= 4 is 73.2 Å². The van der Waals surface area contributed by atoms with Gasteiger partial charge in [-0.1, -0.05) is 70.8 Å². The third kappa shape index (κ3) is 4.30. The number of halogens is 3. The molecule has 2 fully saturated rings. The van der Waals surface area contributed by atoms with E-state index in [9.17, 15) is 13.2 Å². The van der Waals surface area contributed by atoms with Crippen LogP contribution in [0.15, 0.2) is 47.5 Å². The highest BCUT2D eigenvalue weighted by Crippen LogP contribution is 2.44. The van der Waals surface area contributed by atoms with Crippen molar-refractivity contribution in [2.24, 2.45) is 4.99 Å². The molecular weight excluding hydrogens is 475 g/mol. The average molecular weight is 490 g/mol. The van der Waals surface area contributed by atoms with Gasteiger partial charge in [0.1, 0.15) is 0 Å². The van der Waals surface area contributed by atoms with Gasteiger partial charge in [0, 0.05) is 10.3 Å². The molecule has 0 spiro atoms. The first-order chi connectivity index (χ1) is 13.7. The fourth-order valence-corrected chi connectivity index (χ4v) is 7.99. The van der Waals surface area contributed by atoms with E-state index in [1.54, 1.807) is 47.4 Å². The van der Waals surface area contributed by atoms with Crippen LogP contribution in [0, 0.1) is 0 Å². The molecule has 2 aromatic rings. The fourth-order valence-electron chi connectivity index (χ4n) is 3.48. The van der Waals surface area contributed by atoms with Gasteiger partial charge in [-0.25, -0.2) is 8.42 Å². The summed E-state index contributed by atoms with van der Waals surface area (Å²) >= 11 is 20.0. The largest absolute Gasteiger partial charge is 0.314 e. The van der Waals surface area contributed by atoms with E-state index < -0.39 is 9.84 Å². The van der Waals surface area contributed by atoms with Crippen LogP contribution in [0.3, 0.4) is 0 Å². The lowest BCUT2D eigenvalue weighted by Crippen LogP contribution is -2.38. The van der Waals surface area contributed by atoms with Gasteiger partial charge in [0.2, 0.25) is 0 Å². The first-order valence-electron chi connectivity index (χ1n) is 8.70. The van der Waals surface area contributed by atoms with Crippen LogP contribution in [-0.4, -0.2) is 42.3 Å². The molecule has 2 aliphatic rings. The molecule has 0 radical (unpaired) electrons. The smallest absolute Gasteiger partial charge is 0.252 e. The molecule has 0 saturated carbocycles. The monoisotopic (exact) mass is 488 g/mol. The van der Waals surface area contributed by atoms with Gasteiger partial charge in [-0.3, -0.25) is 4.79 Å². The van der Waals surface area contributed by atoms with Crippen LogP contribution in [0.1, 0.15) is 5.56 Å². The Balaban J connectivity index is 1.70. The number of amides is 1. The number of thioether (sulfide) groups is 1. The van der Waals surface area contributed by atoms with E-state index in [4.69, 9.17) is 34.8 Å². The van der Waals surface area contributed by atoms with E-state index >= 15 is 0 Å². The zero-order valence-electron chi connectivity index (χ0n) is 14.9. The molecule has 10 heteroatoms. The number of carbonyl (C=O) groups excluding carboxylic acids is 1. The lowest BCUT2D eigenvalue weighted by atomic mass is 10.1. The van der Waals surface area contributed by atoms with Crippen LogP contribution in [0.4, 0.5) is 5.69 Å². The highest BCUT2D eigenvalue weighted by molar-refractivity contribution is 8.16. The molecule has 0 bridgehead atoms. The lowest BCUT2D eigenvalue weighted by Gasteiger charge is -2.25. The number of hydrogen-bond donors (Lipinski definition) is 0. The molecule has 0 aromatic heterocycles. The predicted octanol–water partition coefficient (Wildman–Crippen LogP) is 4.49. The molecule has 5 nitrogen and oxygen atoms in total. The van der Waals surface area contributed by atoms with Gasteiger partial charge >= 0.3 is 0 Å². The third-order valence-corrected chi connectivity index (χ3v) is 9.16. The summed E-state index contributed by atoms with van der Waals surface area (Å²) in [4.78, 5) is 18.7. The number of aliphatic imine (C=N–C) groups is 1. The molecule has 4 rings (SSSR count). The van der Waals surface area contributed by atoms with Gasteiger partial charge in [0.05, 0.1) is 39.7 Å². The molecule has 2 aliphatic heterocycles.